The van der Waals surface area contributed by atoms with E-state index in [2.05, 4.69) is 0 Å². The summed E-state index contributed by atoms with van der Waals surface area (Å²) in [6, 6.07) is 8.80. The smallest absolute Gasteiger partial charge is 0.273 e. The second-order valence-corrected chi connectivity index (χ2v) is 5.49. The number of nitro groups is 1. The Morgan fingerprint density at radius 3 is 2.70 bits per heavy atom. The number of nitro benzene ring substituents is 1. The van der Waals surface area contributed by atoms with Gasteiger partial charge in [0.05, 0.1) is 10.6 Å². The third-order valence-corrected chi connectivity index (χ3v) is 3.88. The van der Waals surface area contributed by atoms with Crippen LogP contribution in [0.5, 0.6) is 0 Å². The number of thioether (sulfide) groups is 1. The first-order chi connectivity index (χ1) is 9.47. The zero-order valence-corrected chi connectivity index (χ0v) is 11.7. The van der Waals surface area contributed by atoms with Crippen LogP contribution in [0.2, 0.25) is 5.02 Å². The second-order valence-electron chi connectivity index (χ2n) is 4.00. The molecule has 0 aliphatic rings. The molecule has 0 bridgehead atoms. The molecule has 20 heavy (non-hydrogen) atoms. The van der Waals surface area contributed by atoms with Crippen LogP contribution in [0, 0.1) is 15.9 Å². The molecule has 0 radical (unpaired) electrons. The van der Waals surface area contributed by atoms with Crippen LogP contribution < -0.4 is 5.73 Å². The number of benzene rings is 2. The van der Waals surface area contributed by atoms with E-state index in [-0.39, 0.29) is 11.4 Å². The van der Waals surface area contributed by atoms with Crippen LogP contribution >= 0.6 is 23.4 Å². The highest BCUT2D eigenvalue weighted by molar-refractivity contribution is 7.98. The molecule has 2 aromatic carbocycles. The van der Waals surface area contributed by atoms with E-state index in [4.69, 9.17) is 17.3 Å². The lowest BCUT2D eigenvalue weighted by Crippen LogP contribution is -1.94. The molecule has 0 unspecified atom stereocenters. The fraction of sp³-hybridized carbons (Fsp3) is 0.0769. The maximum Gasteiger partial charge on any atom is 0.273 e. The molecule has 0 fully saturated rings. The normalized spacial score (nSPS) is 10.5. The summed E-state index contributed by atoms with van der Waals surface area (Å²) in [6.07, 6.45) is 0. The first-order valence-electron chi connectivity index (χ1n) is 5.58. The van der Waals surface area contributed by atoms with Crippen molar-refractivity contribution in [2.24, 2.45) is 0 Å². The fourth-order valence-electron chi connectivity index (χ4n) is 1.61. The zero-order valence-electron chi connectivity index (χ0n) is 10.2. The molecule has 0 saturated carbocycles. The Balaban J connectivity index is 2.20. The van der Waals surface area contributed by atoms with Crippen LogP contribution in [-0.4, -0.2) is 4.92 Å². The van der Waals surface area contributed by atoms with Crippen LogP contribution in [0.1, 0.15) is 5.56 Å². The van der Waals surface area contributed by atoms with Crippen molar-refractivity contribution in [3.05, 3.63) is 62.9 Å². The molecule has 2 N–H and O–H groups in total. The number of rotatable bonds is 4. The Hall–Kier alpha value is -1.79. The average Bonchev–Trinajstić information content (AvgIpc) is 2.40. The Morgan fingerprint density at radius 1 is 1.30 bits per heavy atom. The van der Waals surface area contributed by atoms with Crippen molar-refractivity contribution in [1.29, 1.82) is 0 Å². The summed E-state index contributed by atoms with van der Waals surface area (Å²) in [4.78, 5) is 11.1. The van der Waals surface area contributed by atoms with Crippen LogP contribution in [-0.2, 0) is 5.75 Å². The lowest BCUT2D eigenvalue weighted by Gasteiger charge is -2.05. The number of halogens is 2. The molecule has 0 spiro atoms. The van der Waals surface area contributed by atoms with E-state index in [9.17, 15) is 14.5 Å². The minimum atomic E-state index is -0.504. The highest BCUT2D eigenvalue weighted by Crippen LogP contribution is 2.30. The number of hydrogen-bond donors (Lipinski definition) is 1. The molecule has 0 saturated heterocycles. The highest BCUT2D eigenvalue weighted by Gasteiger charge is 2.14. The van der Waals surface area contributed by atoms with E-state index in [1.54, 1.807) is 12.1 Å². The molecular weight excluding hydrogens is 303 g/mol. The summed E-state index contributed by atoms with van der Waals surface area (Å²) in [7, 11) is 0. The van der Waals surface area contributed by atoms with E-state index in [1.807, 2.05) is 0 Å². The summed E-state index contributed by atoms with van der Waals surface area (Å²) in [5, 5.41) is 11.3. The Morgan fingerprint density at radius 2 is 2.05 bits per heavy atom. The summed E-state index contributed by atoms with van der Waals surface area (Å²) in [5.74, 6) is -0.184. The van der Waals surface area contributed by atoms with Gasteiger partial charge in [0, 0.05) is 27.3 Å². The van der Waals surface area contributed by atoms with E-state index in [0.717, 1.165) is 0 Å². The molecule has 2 aromatic rings. The topological polar surface area (TPSA) is 69.2 Å². The van der Waals surface area contributed by atoms with Crippen LogP contribution in [0.25, 0.3) is 0 Å². The number of hydrogen-bond acceptors (Lipinski definition) is 4. The van der Waals surface area contributed by atoms with Crippen molar-refractivity contribution >= 4 is 34.7 Å². The van der Waals surface area contributed by atoms with Gasteiger partial charge in [-0.2, -0.15) is 0 Å². The molecule has 0 heterocycles. The van der Waals surface area contributed by atoms with Crippen molar-refractivity contribution in [3.8, 4) is 0 Å². The van der Waals surface area contributed by atoms with Crippen molar-refractivity contribution in [1.82, 2.24) is 0 Å². The third kappa shape index (κ3) is 3.40. The largest absolute Gasteiger partial charge is 0.396 e. The van der Waals surface area contributed by atoms with E-state index < -0.39 is 10.7 Å². The van der Waals surface area contributed by atoms with Crippen molar-refractivity contribution in [2.45, 2.75) is 10.6 Å². The van der Waals surface area contributed by atoms with E-state index in [1.165, 1.54) is 36.0 Å². The lowest BCUT2D eigenvalue weighted by molar-refractivity contribution is -0.385. The van der Waals surface area contributed by atoms with Gasteiger partial charge in [0.2, 0.25) is 0 Å². The quantitative estimate of drug-likeness (QED) is 0.396. The van der Waals surface area contributed by atoms with Gasteiger partial charge in [-0.15, -0.1) is 11.8 Å². The average molecular weight is 313 g/mol. The maximum atomic E-state index is 13.3. The molecule has 104 valence electrons. The first-order valence-corrected chi connectivity index (χ1v) is 6.94. The van der Waals surface area contributed by atoms with Gasteiger partial charge >= 0.3 is 0 Å². The summed E-state index contributed by atoms with van der Waals surface area (Å²) >= 11 is 7.12. The van der Waals surface area contributed by atoms with Gasteiger partial charge in [-0.1, -0.05) is 11.6 Å². The molecule has 0 aliphatic heterocycles. The van der Waals surface area contributed by atoms with Gasteiger partial charge in [-0.3, -0.25) is 10.1 Å². The molecule has 2 rings (SSSR count). The van der Waals surface area contributed by atoms with Gasteiger partial charge in [0.25, 0.3) is 5.69 Å². The number of anilines is 1. The SMILES string of the molecule is Nc1ccc(SCc2cc(Cl)ccc2[N+](=O)[O-])cc1F. The standard InChI is InChI=1S/C13H10ClFN2O2S/c14-9-1-4-13(17(18)19)8(5-9)7-20-10-2-3-12(16)11(15)6-10/h1-6H,7,16H2. The Labute approximate surface area is 123 Å². The molecule has 0 aromatic heterocycles. The number of nitrogens with zero attached hydrogens (tertiary/aromatic N) is 1. The summed E-state index contributed by atoms with van der Waals surface area (Å²) < 4.78 is 13.3. The molecular formula is C13H10ClFN2O2S. The van der Waals surface area contributed by atoms with Crippen LogP contribution in [0.4, 0.5) is 15.8 Å². The van der Waals surface area contributed by atoms with E-state index in [0.29, 0.717) is 21.2 Å². The predicted octanol–water partition coefficient (Wildman–Crippen LogP) is 4.26. The van der Waals surface area contributed by atoms with Crippen LogP contribution in [0.3, 0.4) is 0 Å². The van der Waals surface area contributed by atoms with Crippen LogP contribution in [0.15, 0.2) is 41.3 Å². The van der Waals surface area contributed by atoms with Gasteiger partial charge in [0.1, 0.15) is 5.82 Å². The monoisotopic (exact) mass is 312 g/mol. The molecule has 0 atom stereocenters. The van der Waals surface area contributed by atoms with Gasteiger partial charge < -0.3 is 5.73 Å². The van der Waals surface area contributed by atoms with E-state index >= 15 is 0 Å². The Kier molecular flexibility index (Phi) is 4.46. The minimum Gasteiger partial charge on any atom is -0.396 e. The lowest BCUT2D eigenvalue weighted by atomic mass is 10.2. The predicted molar refractivity (Wildman–Crippen MR) is 78.5 cm³/mol. The second kappa shape index (κ2) is 6.11. The Bertz CT molecular complexity index is 667. The first kappa shape index (κ1) is 14.6. The van der Waals surface area contributed by atoms with Gasteiger partial charge in [-0.25, -0.2) is 4.39 Å². The van der Waals surface area contributed by atoms with Crippen molar-refractivity contribution in [2.75, 3.05) is 5.73 Å². The molecule has 0 aliphatic carbocycles. The fourth-order valence-corrected chi connectivity index (χ4v) is 2.71. The summed E-state index contributed by atoms with van der Waals surface area (Å²) in [5.41, 5.74) is 5.95. The third-order valence-electron chi connectivity index (χ3n) is 2.60. The number of nitrogen functional groups attached to an aromatic ring is 1. The molecule has 0 amide bonds. The number of nitrogens with two attached hydrogens (primary N) is 1. The van der Waals surface area contributed by atoms with Crippen molar-refractivity contribution < 1.29 is 9.31 Å². The maximum absolute atomic E-state index is 13.3. The zero-order chi connectivity index (χ0) is 14.7. The highest BCUT2D eigenvalue weighted by atomic mass is 35.5. The van der Waals surface area contributed by atoms with Gasteiger partial charge in [-0.05, 0) is 30.3 Å². The summed E-state index contributed by atoms with van der Waals surface area (Å²) in [6.45, 7) is 0. The van der Waals surface area contributed by atoms with Gasteiger partial charge in [0.15, 0.2) is 0 Å². The van der Waals surface area contributed by atoms with Crippen molar-refractivity contribution in [3.63, 3.8) is 0 Å². The molecule has 7 heteroatoms. The molecule has 4 nitrogen and oxygen atoms in total. The minimum absolute atomic E-state index is 0.00202.